The van der Waals surface area contributed by atoms with Crippen molar-refractivity contribution >= 4 is 34.8 Å². The van der Waals surface area contributed by atoms with Crippen LogP contribution in [0.5, 0.6) is 11.5 Å². The largest absolute Gasteiger partial charge is 0.440 e. The van der Waals surface area contributed by atoms with Gasteiger partial charge in [-0.1, -0.05) is 115 Å². The molecule has 224 valence electrons. The van der Waals surface area contributed by atoms with Gasteiger partial charge in [0.2, 0.25) is 0 Å². The lowest BCUT2D eigenvalue weighted by molar-refractivity contribution is -0.116. The molecule has 1 amide bonds. The van der Waals surface area contributed by atoms with Crippen molar-refractivity contribution < 1.29 is 14.3 Å². The maximum absolute atomic E-state index is 14.8. The second kappa shape index (κ2) is 11.6. The number of carbonyl (C=O) groups is 1. The van der Waals surface area contributed by atoms with Crippen LogP contribution >= 0.6 is 7.26 Å². The molecule has 8 rings (SSSR count). The lowest BCUT2D eigenvalue weighted by Gasteiger charge is -2.32. The molecule has 0 spiro atoms. The third-order valence-corrected chi connectivity index (χ3v) is 13.9. The fourth-order valence-corrected chi connectivity index (χ4v) is 12.0. The monoisotopic (exact) mass is 618 g/mol. The molecule has 0 radical (unpaired) electrons. The number of benzene rings is 6. The third kappa shape index (κ3) is 4.52. The Hall–Kier alpha value is -5.18. The minimum absolute atomic E-state index is 0.140. The molecule has 0 aliphatic carbocycles. The first-order chi connectivity index (χ1) is 22.7. The highest BCUT2D eigenvalue weighted by atomic mass is 31.2. The van der Waals surface area contributed by atoms with Crippen LogP contribution in [-0.4, -0.2) is 18.1 Å². The lowest BCUT2D eigenvalue weighted by Crippen LogP contribution is -2.42. The summed E-state index contributed by atoms with van der Waals surface area (Å²) < 4.78 is 13.4. The molecular formula is C41H33NO3P+. The summed E-state index contributed by atoms with van der Waals surface area (Å²) in [7, 11) is -2.38. The first kappa shape index (κ1) is 28.3. The molecule has 5 heteroatoms. The molecule has 2 aliphatic rings. The SMILES string of the molecule is O=C1C([P+](c2ccccc2)(c2ccccc2)c2ccccc2)CCN1c1ccc2c(c1)OC(c1ccccc1)(c1ccccc1)O2. The van der Waals surface area contributed by atoms with Crippen LogP contribution in [0.4, 0.5) is 5.69 Å². The minimum atomic E-state index is -2.38. The maximum atomic E-state index is 14.8. The number of ether oxygens (including phenoxy) is 2. The van der Waals surface area contributed by atoms with Gasteiger partial charge in [0.25, 0.3) is 5.91 Å². The van der Waals surface area contributed by atoms with Crippen molar-refractivity contribution in [2.24, 2.45) is 0 Å². The highest BCUT2D eigenvalue weighted by Crippen LogP contribution is 2.62. The number of hydrogen-bond acceptors (Lipinski definition) is 3. The fourth-order valence-electron chi connectivity index (χ4n) is 7.13. The average molecular weight is 619 g/mol. The Morgan fingerprint density at radius 2 is 0.978 bits per heavy atom. The molecular weight excluding hydrogens is 585 g/mol. The van der Waals surface area contributed by atoms with Crippen LogP contribution in [0, 0.1) is 0 Å². The van der Waals surface area contributed by atoms with Gasteiger partial charge in [-0.25, -0.2) is 0 Å². The highest BCUT2D eigenvalue weighted by Gasteiger charge is 2.59. The molecule has 1 atom stereocenters. The number of nitrogens with zero attached hydrogens (tertiary/aromatic N) is 1. The van der Waals surface area contributed by atoms with Crippen molar-refractivity contribution in [2.75, 3.05) is 11.4 Å². The number of fused-ring (bicyclic) bond motifs is 1. The molecule has 6 aromatic carbocycles. The van der Waals surface area contributed by atoms with E-state index in [1.165, 1.54) is 15.9 Å². The first-order valence-corrected chi connectivity index (χ1v) is 17.6. The van der Waals surface area contributed by atoms with Gasteiger partial charge in [0.15, 0.2) is 17.2 Å². The van der Waals surface area contributed by atoms with Gasteiger partial charge in [0, 0.05) is 35.8 Å². The Labute approximate surface area is 270 Å². The molecule has 0 N–H and O–H groups in total. The van der Waals surface area contributed by atoms with Gasteiger partial charge in [-0.2, -0.15) is 0 Å². The van der Waals surface area contributed by atoms with Crippen LogP contribution in [0.25, 0.3) is 0 Å². The molecule has 2 aliphatic heterocycles. The van der Waals surface area contributed by atoms with Gasteiger partial charge < -0.3 is 14.4 Å². The van der Waals surface area contributed by atoms with E-state index in [-0.39, 0.29) is 11.6 Å². The Kier molecular flexibility index (Phi) is 7.16. The Balaban J connectivity index is 1.20. The van der Waals surface area contributed by atoms with Crippen LogP contribution in [-0.2, 0) is 10.6 Å². The molecule has 0 saturated carbocycles. The third-order valence-electron chi connectivity index (χ3n) is 9.19. The topological polar surface area (TPSA) is 38.8 Å². The van der Waals surface area contributed by atoms with E-state index in [1.54, 1.807) is 0 Å². The molecule has 1 fully saturated rings. The smallest absolute Gasteiger partial charge is 0.305 e. The van der Waals surface area contributed by atoms with Gasteiger partial charge >= 0.3 is 5.79 Å². The van der Waals surface area contributed by atoms with Gasteiger partial charge in [-0.3, -0.25) is 4.79 Å². The van der Waals surface area contributed by atoms with Gasteiger partial charge in [0.05, 0.1) is 0 Å². The summed E-state index contributed by atoms with van der Waals surface area (Å²) in [6, 6.07) is 57.9. The van der Waals surface area contributed by atoms with Gasteiger partial charge in [-0.05, 0) is 48.5 Å². The maximum Gasteiger partial charge on any atom is 0.305 e. The summed E-state index contributed by atoms with van der Waals surface area (Å²) in [5, 5.41) is 3.65. The minimum Gasteiger partial charge on any atom is -0.440 e. The summed E-state index contributed by atoms with van der Waals surface area (Å²) >= 11 is 0. The van der Waals surface area contributed by atoms with E-state index in [4.69, 9.17) is 9.47 Å². The molecule has 46 heavy (non-hydrogen) atoms. The summed E-state index contributed by atoms with van der Waals surface area (Å²) in [5.41, 5.74) is 2.41. The number of carbonyl (C=O) groups excluding carboxylic acids is 1. The zero-order valence-electron chi connectivity index (χ0n) is 25.3. The first-order valence-electron chi connectivity index (χ1n) is 15.7. The van der Waals surface area contributed by atoms with Crippen LogP contribution < -0.4 is 30.3 Å². The molecule has 1 saturated heterocycles. The second-order valence-corrected chi connectivity index (χ2v) is 15.3. The molecule has 2 heterocycles. The zero-order valence-corrected chi connectivity index (χ0v) is 26.2. The predicted molar refractivity (Wildman–Crippen MR) is 187 cm³/mol. The summed E-state index contributed by atoms with van der Waals surface area (Å²) in [4.78, 5) is 16.8. The van der Waals surface area contributed by atoms with Gasteiger partial charge in [-0.15, -0.1) is 0 Å². The van der Waals surface area contributed by atoms with Crippen molar-refractivity contribution in [3.05, 3.63) is 181 Å². The number of rotatable bonds is 7. The Bertz CT molecular complexity index is 1830. The Morgan fingerprint density at radius 3 is 1.46 bits per heavy atom. The molecule has 6 aromatic rings. The molecule has 1 unspecified atom stereocenters. The van der Waals surface area contributed by atoms with E-state index in [0.717, 1.165) is 23.2 Å². The standard InChI is InChI=1S/C41H33NO3P/c43-40-39(46(34-20-10-3-11-21-34,35-22-12-4-13-23-35)36-24-14-5-15-25-36)28-29-42(40)33-26-27-37-38(30-33)45-41(44-37,31-16-6-1-7-17-31)32-18-8-2-9-19-32/h1-27,30,39H,28-29H2/q+1. The van der Waals surface area contributed by atoms with Crippen molar-refractivity contribution in [2.45, 2.75) is 17.9 Å². The van der Waals surface area contributed by atoms with Crippen LogP contribution in [0.3, 0.4) is 0 Å². The van der Waals surface area contributed by atoms with Crippen LogP contribution in [0.15, 0.2) is 170 Å². The average Bonchev–Trinajstić information content (AvgIpc) is 3.72. The number of amides is 1. The van der Waals surface area contributed by atoms with Crippen LogP contribution in [0.2, 0.25) is 0 Å². The molecule has 0 aromatic heterocycles. The van der Waals surface area contributed by atoms with Gasteiger partial charge in [0.1, 0.15) is 23.2 Å². The number of hydrogen-bond donors (Lipinski definition) is 0. The molecule has 0 bridgehead atoms. The number of anilines is 1. The van der Waals surface area contributed by atoms with E-state index >= 15 is 0 Å². The lowest BCUT2D eigenvalue weighted by atomic mass is 9.97. The zero-order chi connectivity index (χ0) is 31.0. The predicted octanol–water partition coefficient (Wildman–Crippen LogP) is 7.46. The Morgan fingerprint density at radius 1 is 0.543 bits per heavy atom. The van der Waals surface area contributed by atoms with E-state index in [1.807, 2.05) is 83.8 Å². The van der Waals surface area contributed by atoms with Crippen molar-refractivity contribution in [1.29, 1.82) is 0 Å². The van der Waals surface area contributed by atoms with Crippen molar-refractivity contribution in [3.8, 4) is 11.5 Å². The van der Waals surface area contributed by atoms with E-state index in [2.05, 4.69) is 91.0 Å². The quantitative estimate of drug-likeness (QED) is 0.175. The molecule has 4 nitrogen and oxygen atoms in total. The highest BCUT2D eigenvalue weighted by molar-refractivity contribution is 7.97. The fraction of sp³-hybridized carbons (Fsp3) is 0.0976. The van der Waals surface area contributed by atoms with Crippen molar-refractivity contribution in [3.63, 3.8) is 0 Å². The van der Waals surface area contributed by atoms with Crippen molar-refractivity contribution in [1.82, 2.24) is 0 Å². The van der Waals surface area contributed by atoms with E-state index in [0.29, 0.717) is 18.0 Å². The van der Waals surface area contributed by atoms with E-state index in [9.17, 15) is 4.79 Å². The summed E-state index contributed by atoms with van der Waals surface area (Å²) in [6.45, 7) is 0.625. The van der Waals surface area contributed by atoms with Crippen LogP contribution in [0.1, 0.15) is 17.5 Å². The van der Waals surface area contributed by atoms with E-state index < -0.39 is 13.0 Å². The summed E-state index contributed by atoms with van der Waals surface area (Å²) in [6.07, 6.45) is 0.748. The normalized spacial score (nSPS) is 16.8. The summed E-state index contributed by atoms with van der Waals surface area (Å²) in [5.74, 6) is 0.299. The second-order valence-electron chi connectivity index (χ2n) is 11.7.